The van der Waals surface area contributed by atoms with Gasteiger partial charge < -0.3 is 15.7 Å². The second-order valence-corrected chi connectivity index (χ2v) is 4.01. The van der Waals surface area contributed by atoms with Crippen LogP contribution < -0.4 is 10.6 Å². The van der Waals surface area contributed by atoms with Crippen molar-refractivity contribution in [3.63, 3.8) is 0 Å². The fourth-order valence-corrected chi connectivity index (χ4v) is 1.70. The van der Waals surface area contributed by atoms with Gasteiger partial charge in [0.15, 0.2) is 0 Å². The molecule has 3 N–H and O–H groups in total. The topological polar surface area (TPSA) is 74.2 Å². The van der Waals surface area contributed by atoms with Gasteiger partial charge in [-0.2, -0.15) is 0 Å². The lowest BCUT2D eigenvalue weighted by Crippen LogP contribution is -2.43. The zero-order valence-electron chi connectivity index (χ0n) is 8.94. The van der Waals surface area contributed by atoms with Gasteiger partial charge in [0.05, 0.1) is 12.2 Å². The lowest BCUT2D eigenvalue weighted by molar-refractivity contribution is 0.194. The molecule has 0 aromatic carbocycles. The van der Waals surface area contributed by atoms with E-state index in [0.29, 0.717) is 5.92 Å². The largest absolute Gasteiger partial charge is 0.465 e. The highest BCUT2D eigenvalue weighted by molar-refractivity contribution is 5.64. The van der Waals surface area contributed by atoms with Crippen molar-refractivity contribution in [2.75, 3.05) is 13.1 Å². The summed E-state index contributed by atoms with van der Waals surface area (Å²) >= 11 is 0. The molecule has 0 atom stereocenters. The predicted octanol–water partition coefficient (Wildman–Crippen LogP) is 0.611. The molecule has 0 unspecified atom stereocenters. The highest BCUT2D eigenvalue weighted by Crippen LogP contribution is 2.11. The van der Waals surface area contributed by atoms with Crippen molar-refractivity contribution in [2.24, 2.45) is 5.92 Å². The molecule has 0 spiro atoms. The van der Waals surface area contributed by atoms with E-state index < -0.39 is 6.09 Å². The molecule has 5 nitrogen and oxygen atoms in total. The first-order valence-corrected chi connectivity index (χ1v) is 5.36. The fraction of sp³-hybridized carbons (Fsp3) is 0.455. The van der Waals surface area contributed by atoms with E-state index in [1.807, 2.05) is 18.2 Å². The number of nitrogens with one attached hydrogen (secondary N) is 2. The van der Waals surface area contributed by atoms with Crippen LogP contribution in [0.1, 0.15) is 11.4 Å². The van der Waals surface area contributed by atoms with Crippen LogP contribution in [-0.4, -0.2) is 29.3 Å². The van der Waals surface area contributed by atoms with Gasteiger partial charge in [-0.05, 0) is 37.6 Å². The van der Waals surface area contributed by atoms with Crippen molar-refractivity contribution in [3.8, 4) is 0 Å². The van der Waals surface area contributed by atoms with Crippen LogP contribution in [0.4, 0.5) is 4.79 Å². The van der Waals surface area contributed by atoms with E-state index in [1.54, 1.807) is 0 Å². The van der Waals surface area contributed by atoms with E-state index >= 15 is 0 Å². The number of hydrogen-bond acceptors (Lipinski definition) is 3. The number of aromatic nitrogens is 1. The van der Waals surface area contributed by atoms with Crippen molar-refractivity contribution in [2.45, 2.75) is 13.0 Å². The van der Waals surface area contributed by atoms with E-state index in [2.05, 4.69) is 15.6 Å². The van der Waals surface area contributed by atoms with E-state index in [0.717, 1.165) is 30.9 Å². The second-order valence-electron chi connectivity index (χ2n) is 4.01. The molecule has 1 saturated heterocycles. The van der Waals surface area contributed by atoms with Crippen LogP contribution in [0.2, 0.25) is 0 Å². The molecule has 0 saturated carbocycles. The first-order valence-electron chi connectivity index (χ1n) is 5.36. The first-order chi connectivity index (χ1) is 7.74. The van der Waals surface area contributed by atoms with Crippen molar-refractivity contribution in [1.82, 2.24) is 15.6 Å². The number of nitrogens with zero attached hydrogens (tertiary/aromatic N) is 1. The molecule has 0 bridgehead atoms. The van der Waals surface area contributed by atoms with Crippen LogP contribution >= 0.6 is 0 Å². The van der Waals surface area contributed by atoms with Gasteiger partial charge in [-0.1, -0.05) is 6.07 Å². The Morgan fingerprint density at radius 2 is 2.25 bits per heavy atom. The van der Waals surface area contributed by atoms with Crippen molar-refractivity contribution in [1.29, 1.82) is 0 Å². The minimum Gasteiger partial charge on any atom is -0.465 e. The summed E-state index contributed by atoms with van der Waals surface area (Å²) < 4.78 is 0. The van der Waals surface area contributed by atoms with Crippen LogP contribution in [-0.2, 0) is 13.0 Å². The summed E-state index contributed by atoms with van der Waals surface area (Å²) in [4.78, 5) is 14.8. The number of carbonyl (C=O) groups is 1. The SMILES string of the molecule is O=C(O)NCc1cccc(CC2CNC2)n1. The summed E-state index contributed by atoms with van der Waals surface area (Å²) in [5.41, 5.74) is 1.81. The van der Waals surface area contributed by atoms with Crippen molar-refractivity contribution >= 4 is 6.09 Å². The minimum absolute atomic E-state index is 0.270. The second kappa shape index (κ2) is 4.94. The minimum atomic E-state index is -1.02. The number of hydrogen-bond donors (Lipinski definition) is 3. The third-order valence-corrected chi connectivity index (χ3v) is 2.65. The third-order valence-electron chi connectivity index (χ3n) is 2.65. The van der Waals surface area contributed by atoms with Gasteiger partial charge in [0.2, 0.25) is 0 Å². The maximum absolute atomic E-state index is 10.3. The van der Waals surface area contributed by atoms with Crippen molar-refractivity contribution in [3.05, 3.63) is 29.6 Å². The molecule has 5 heteroatoms. The molecule has 2 heterocycles. The molecule has 1 aliphatic heterocycles. The Hall–Kier alpha value is -1.62. The van der Waals surface area contributed by atoms with Crippen LogP contribution in [0, 0.1) is 5.92 Å². The summed E-state index contributed by atoms with van der Waals surface area (Å²) in [6, 6.07) is 5.74. The van der Waals surface area contributed by atoms with Crippen LogP contribution in [0.3, 0.4) is 0 Å². The monoisotopic (exact) mass is 221 g/mol. The molecule has 1 fully saturated rings. The Bertz CT molecular complexity index is 377. The number of pyridine rings is 1. The smallest absolute Gasteiger partial charge is 0.404 e. The van der Waals surface area contributed by atoms with Gasteiger partial charge in [0.1, 0.15) is 0 Å². The highest BCUT2D eigenvalue weighted by atomic mass is 16.4. The summed E-state index contributed by atoms with van der Waals surface area (Å²) in [7, 11) is 0. The standard InChI is InChI=1S/C11H15N3O2/c15-11(16)13-7-10-3-1-2-9(14-10)4-8-5-12-6-8/h1-3,8,12-13H,4-7H2,(H,15,16). The molecule has 1 aliphatic rings. The van der Waals surface area contributed by atoms with Crippen LogP contribution in [0.5, 0.6) is 0 Å². The number of carboxylic acid groups (broad SMARTS) is 1. The lowest BCUT2D eigenvalue weighted by atomic mass is 9.97. The first kappa shape index (κ1) is 10.9. The summed E-state index contributed by atoms with van der Waals surface area (Å²) in [6.45, 7) is 2.38. The summed E-state index contributed by atoms with van der Waals surface area (Å²) in [5, 5.41) is 14.0. The van der Waals surface area contributed by atoms with Crippen LogP contribution in [0.25, 0.3) is 0 Å². The molecule has 86 valence electrons. The molecular formula is C11H15N3O2. The Balaban J connectivity index is 1.92. The average molecular weight is 221 g/mol. The molecule has 2 rings (SSSR count). The van der Waals surface area contributed by atoms with Gasteiger partial charge >= 0.3 is 6.09 Å². The molecule has 1 aromatic heterocycles. The average Bonchev–Trinajstić information content (AvgIpc) is 2.21. The zero-order chi connectivity index (χ0) is 11.4. The molecule has 1 aromatic rings. The van der Waals surface area contributed by atoms with Crippen molar-refractivity contribution < 1.29 is 9.90 Å². The summed E-state index contributed by atoms with van der Waals surface area (Å²) in [6.07, 6.45) is -0.0520. The van der Waals surface area contributed by atoms with Gasteiger partial charge in [-0.25, -0.2) is 4.79 Å². The zero-order valence-corrected chi connectivity index (χ0v) is 8.94. The Labute approximate surface area is 93.9 Å². The van der Waals surface area contributed by atoms with Gasteiger partial charge in [0, 0.05) is 5.69 Å². The van der Waals surface area contributed by atoms with E-state index in [1.165, 1.54) is 0 Å². The van der Waals surface area contributed by atoms with E-state index in [4.69, 9.17) is 5.11 Å². The fourth-order valence-electron chi connectivity index (χ4n) is 1.70. The highest BCUT2D eigenvalue weighted by Gasteiger charge is 2.17. The van der Waals surface area contributed by atoms with Gasteiger partial charge in [-0.15, -0.1) is 0 Å². The quantitative estimate of drug-likeness (QED) is 0.696. The molecule has 1 amide bonds. The maximum Gasteiger partial charge on any atom is 0.404 e. The Kier molecular flexibility index (Phi) is 3.36. The normalized spacial score (nSPS) is 15.5. The van der Waals surface area contributed by atoms with Gasteiger partial charge in [0.25, 0.3) is 0 Å². The summed E-state index contributed by atoms with van der Waals surface area (Å²) in [5.74, 6) is 0.676. The maximum atomic E-state index is 10.3. The molecular weight excluding hydrogens is 206 g/mol. The number of amides is 1. The van der Waals surface area contributed by atoms with E-state index in [-0.39, 0.29) is 6.54 Å². The molecule has 0 aliphatic carbocycles. The molecule has 0 radical (unpaired) electrons. The lowest BCUT2D eigenvalue weighted by Gasteiger charge is -2.26. The molecule has 16 heavy (non-hydrogen) atoms. The Morgan fingerprint density at radius 1 is 1.50 bits per heavy atom. The predicted molar refractivity (Wildman–Crippen MR) is 59.2 cm³/mol. The number of rotatable bonds is 4. The Morgan fingerprint density at radius 3 is 2.88 bits per heavy atom. The third kappa shape index (κ3) is 2.93. The van der Waals surface area contributed by atoms with Gasteiger partial charge in [-0.3, -0.25) is 4.98 Å². The van der Waals surface area contributed by atoms with Crippen LogP contribution in [0.15, 0.2) is 18.2 Å². The van der Waals surface area contributed by atoms with E-state index in [9.17, 15) is 4.79 Å².